The SMILES string of the molecule is CN(C)c1ccc(C(=O)NCCc2ccccc2-c2ccccc2CCC(=O)NCc2ccccc2)cc1. The molecule has 2 amide bonds. The van der Waals surface area contributed by atoms with Gasteiger partial charge < -0.3 is 15.5 Å². The predicted octanol–water partition coefficient (Wildman–Crippen LogP) is 5.64. The molecule has 4 aromatic rings. The molecule has 0 atom stereocenters. The van der Waals surface area contributed by atoms with Gasteiger partial charge in [-0.1, -0.05) is 78.9 Å². The molecule has 0 aliphatic carbocycles. The molecule has 5 heteroatoms. The number of carbonyl (C=O) groups excluding carboxylic acids is 2. The minimum Gasteiger partial charge on any atom is -0.378 e. The molecular weight excluding hydrogens is 470 g/mol. The molecule has 4 aromatic carbocycles. The fourth-order valence-electron chi connectivity index (χ4n) is 4.46. The molecule has 0 aromatic heterocycles. The minimum atomic E-state index is -0.0743. The van der Waals surface area contributed by atoms with Gasteiger partial charge in [0.05, 0.1) is 0 Å². The van der Waals surface area contributed by atoms with Gasteiger partial charge in [0.15, 0.2) is 0 Å². The first-order valence-corrected chi connectivity index (χ1v) is 13.0. The molecule has 0 aliphatic heterocycles. The zero-order chi connectivity index (χ0) is 26.7. The number of nitrogens with one attached hydrogen (secondary N) is 2. The third-order valence-corrected chi connectivity index (χ3v) is 6.60. The predicted molar refractivity (Wildman–Crippen MR) is 155 cm³/mol. The van der Waals surface area contributed by atoms with Crippen molar-refractivity contribution < 1.29 is 9.59 Å². The van der Waals surface area contributed by atoms with Crippen molar-refractivity contribution in [2.24, 2.45) is 0 Å². The fourth-order valence-corrected chi connectivity index (χ4v) is 4.46. The minimum absolute atomic E-state index is 0.0401. The number of amides is 2. The molecule has 0 heterocycles. The van der Waals surface area contributed by atoms with Crippen molar-refractivity contribution in [1.29, 1.82) is 0 Å². The van der Waals surface area contributed by atoms with E-state index in [1.165, 1.54) is 0 Å². The maximum Gasteiger partial charge on any atom is 0.251 e. The number of aryl methyl sites for hydroxylation is 1. The summed E-state index contributed by atoms with van der Waals surface area (Å²) in [5.41, 5.74) is 7.37. The first-order valence-electron chi connectivity index (χ1n) is 13.0. The highest BCUT2D eigenvalue weighted by molar-refractivity contribution is 5.94. The lowest BCUT2D eigenvalue weighted by Crippen LogP contribution is -2.25. The van der Waals surface area contributed by atoms with Gasteiger partial charge >= 0.3 is 0 Å². The van der Waals surface area contributed by atoms with Crippen molar-refractivity contribution >= 4 is 17.5 Å². The van der Waals surface area contributed by atoms with Crippen molar-refractivity contribution in [2.45, 2.75) is 25.8 Å². The van der Waals surface area contributed by atoms with Crippen molar-refractivity contribution in [3.8, 4) is 11.1 Å². The van der Waals surface area contributed by atoms with Crippen LogP contribution in [0.4, 0.5) is 5.69 Å². The highest BCUT2D eigenvalue weighted by atomic mass is 16.2. The second-order valence-corrected chi connectivity index (χ2v) is 9.52. The number of benzene rings is 4. The summed E-state index contributed by atoms with van der Waals surface area (Å²) in [4.78, 5) is 27.2. The number of hydrogen-bond donors (Lipinski definition) is 2. The fraction of sp³-hybridized carbons (Fsp3) is 0.212. The Balaban J connectivity index is 1.37. The van der Waals surface area contributed by atoms with Crippen LogP contribution in [-0.4, -0.2) is 32.5 Å². The molecule has 0 bridgehead atoms. The van der Waals surface area contributed by atoms with Crippen LogP contribution in [0.3, 0.4) is 0 Å². The Morgan fingerprint density at radius 2 is 1.24 bits per heavy atom. The van der Waals surface area contributed by atoms with E-state index in [2.05, 4.69) is 34.9 Å². The van der Waals surface area contributed by atoms with Crippen LogP contribution in [-0.2, 0) is 24.2 Å². The van der Waals surface area contributed by atoms with E-state index in [1.807, 2.05) is 97.9 Å². The molecule has 5 nitrogen and oxygen atoms in total. The van der Waals surface area contributed by atoms with Crippen molar-refractivity contribution in [3.63, 3.8) is 0 Å². The molecule has 0 aliphatic rings. The van der Waals surface area contributed by atoms with E-state index < -0.39 is 0 Å². The normalized spacial score (nSPS) is 10.6. The van der Waals surface area contributed by atoms with Crippen LogP contribution in [0.15, 0.2) is 103 Å². The Morgan fingerprint density at radius 3 is 1.87 bits per heavy atom. The number of rotatable bonds is 11. The Labute approximate surface area is 225 Å². The average molecular weight is 506 g/mol. The summed E-state index contributed by atoms with van der Waals surface area (Å²) >= 11 is 0. The maximum atomic E-state index is 12.7. The molecule has 0 saturated heterocycles. The summed E-state index contributed by atoms with van der Waals surface area (Å²) in [5.74, 6) is -0.0343. The van der Waals surface area contributed by atoms with Crippen LogP contribution in [0, 0.1) is 0 Å². The van der Waals surface area contributed by atoms with Crippen molar-refractivity contribution in [2.75, 3.05) is 25.5 Å². The van der Waals surface area contributed by atoms with Crippen LogP contribution in [0.2, 0.25) is 0 Å². The Kier molecular flexibility index (Phi) is 9.30. The van der Waals surface area contributed by atoms with Gasteiger partial charge in [0.25, 0.3) is 5.91 Å². The maximum absolute atomic E-state index is 12.7. The summed E-state index contributed by atoms with van der Waals surface area (Å²) < 4.78 is 0. The van der Waals surface area contributed by atoms with E-state index in [0.29, 0.717) is 37.9 Å². The van der Waals surface area contributed by atoms with Crippen LogP contribution in [0.25, 0.3) is 11.1 Å². The van der Waals surface area contributed by atoms with E-state index in [0.717, 1.165) is 33.5 Å². The zero-order valence-corrected chi connectivity index (χ0v) is 22.1. The zero-order valence-electron chi connectivity index (χ0n) is 22.1. The Bertz CT molecular complexity index is 1350. The van der Waals surface area contributed by atoms with Crippen LogP contribution in [0.1, 0.15) is 33.5 Å². The van der Waals surface area contributed by atoms with Crippen LogP contribution >= 0.6 is 0 Å². The quantitative estimate of drug-likeness (QED) is 0.277. The lowest BCUT2D eigenvalue weighted by atomic mass is 9.92. The number of hydrogen-bond acceptors (Lipinski definition) is 3. The topological polar surface area (TPSA) is 61.4 Å². The average Bonchev–Trinajstić information content (AvgIpc) is 2.96. The Morgan fingerprint density at radius 1 is 0.658 bits per heavy atom. The van der Waals surface area contributed by atoms with E-state index in [-0.39, 0.29) is 11.8 Å². The second kappa shape index (κ2) is 13.2. The standard InChI is InChI=1S/C33H35N3O2/c1-36(2)29-19-16-28(17-20-29)33(38)34-23-22-27-13-7-9-15-31(27)30-14-8-6-12-26(30)18-21-32(37)35-24-25-10-4-3-5-11-25/h3-17,19-20H,18,21-24H2,1-2H3,(H,34,38)(H,35,37). The molecule has 38 heavy (non-hydrogen) atoms. The van der Waals surface area contributed by atoms with E-state index in [1.54, 1.807) is 0 Å². The molecule has 0 radical (unpaired) electrons. The van der Waals surface area contributed by atoms with E-state index >= 15 is 0 Å². The molecule has 0 fully saturated rings. The first-order chi connectivity index (χ1) is 18.5. The second-order valence-electron chi connectivity index (χ2n) is 9.52. The lowest BCUT2D eigenvalue weighted by molar-refractivity contribution is -0.121. The molecular formula is C33H35N3O2. The van der Waals surface area contributed by atoms with E-state index in [4.69, 9.17) is 0 Å². The van der Waals surface area contributed by atoms with E-state index in [9.17, 15) is 9.59 Å². The van der Waals surface area contributed by atoms with Gasteiger partial charge in [0.1, 0.15) is 0 Å². The number of anilines is 1. The number of nitrogens with zero attached hydrogens (tertiary/aromatic N) is 1. The summed E-state index contributed by atoms with van der Waals surface area (Å²) in [6.45, 7) is 1.07. The summed E-state index contributed by atoms with van der Waals surface area (Å²) in [5, 5.41) is 6.07. The largest absolute Gasteiger partial charge is 0.378 e. The van der Waals surface area contributed by atoms with Gasteiger partial charge in [-0.25, -0.2) is 0 Å². The summed E-state index contributed by atoms with van der Waals surface area (Å²) in [7, 11) is 3.96. The first kappa shape index (κ1) is 26.7. The van der Waals surface area contributed by atoms with Crippen LogP contribution < -0.4 is 15.5 Å². The van der Waals surface area contributed by atoms with Gasteiger partial charge in [0, 0.05) is 44.9 Å². The highest BCUT2D eigenvalue weighted by Gasteiger charge is 2.12. The van der Waals surface area contributed by atoms with Crippen LogP contribution in [0.5, 0.6) is 0 Å². The van der Waals surface area contributed by atoms with Gasteiger partial charge in [-0.3, -0.25) is 9.59 Å². The molecule has 4 rings (SSSR count). The van der Waals surface area contributed by atoms with Crippen molar-refractivity contribution in [1.82, 2.24) is 10.6 Å². The molecule has 194 valence electrons. The van der Waals surface area contributed by atoms with Gasteiger partial charge in [0.2, 0.25) is 5.91 Å². The van der Waals surface area contributed by atoms with Gasteiger partial charge in [-0.05, 0) is 64.9 Å². The third kappa shape index (κ3) is 7.32. The summed E-state index contributed by atoms with van der Waals surface area (Å²) in [6, 6.07) is 34.1. The smallest absolute Gasteiger partial charge is 0.251 e. The molecule has 0 spiro atoms. The highest BCUT2D eigenvalue weighted by Crippen LogP contribution is 2.28. The lowest BCUT2D eigenvalue weighted by Gasteiger charge is -2.15. The Hall–Kier alpha value is -4.38. The van der Waals surface area contributed by atoms with Crippen molar-refractivity contribution in [3.05, 3.63) is 125 Å². The molecule has 0 unspecified atom stereocenters. The third-order valence-electron chi connectivity index (χ3n) is 6.60. The van der Waals surface area contributed by atoms with Gasteiger partial charge in [-0.2, -0.15) is 0 Å². The summed E-state index contributed by atoms with van der Waals surface area (Å²) in [6.07, 6.45) is 1.79. The van der Waals surface area contributed by atoms with Gasteiger partial charge in [-0.15, -0.1) is 0 Å². The monoisotopic (exact) mass is 505 g/mol. The molecule has 0 saturated carbocycles. The molecule has 2 N–H and O–H groups in total. The number of carbonyl (C=O) groups is 2.